The highest BCUT2D eigenvalue weighted by atomic mass is 32.2. The molecule has 0 aromatic heterocycles. The summed E-state index contributed by atoms with van der Waals surface area (Å²) in [4.78, 5) is 17.0. The molecule has 0 atom stereocenters. The van der Waals surface area contributed by atoms with Crippen molar-refractivity contribution in [1.82, 2.24) is 9.80 Å². The fourth-order valence-corrected chi connectivity index (χ4v) is 3.99. The maximum Gasteiger partial charge on any atom is 0.238 e. The van der Waals surface area contributed by atoms with Gasteiger partial charge in [-0.1, -0.05) is 42.5 Å². The standard InChI is InChI=1S/C21H27N3O3S/c22-28(26,27)20-10-7-18(8-11-20)9-12-21(25)24-14-4-13-23(15-16-24)17-19-5-2-1-3-6-19/h1-3,5-8,10-11H,4,9,12-17H2,(H2,22,26,27). The first kappa shape index (κ1) is 20.5. The van der Waals surface area contributed by atoms with E-state index in [1.54, 1.807) is 12.1 Å². The molecule has 0 unspecified atom stereocenters. The molecule has 1 saturated heterocycles. The zero-order chi connectivity index (χ0) is 20.0. The summed E-state index contributed by atoms with van der Waals surface area (Å²) in [7, 11) is -3.68. The number of rotatable bonds is 6. The Hall–Kier alpha value is -2.22. The Balaban J connectivity index is 1.48. The first-order chi connectivity index (χ1) is 13.4. The molecule has 6 nitrogen and oxygen atoms in total. The molecule has 0 bridgehead atoms. The minimum atomic E-state index is -3.68. The van der Waals surface area contributed by atoms with Gasteiger partial charge in [0.2, 0.25) is 15.9 Å². The quantitative estimate of drug-likeness (QED) is 0.802. The molecule has 1 heterocycles. The Morgan fingerprint density at radius 3 is 2.29 bits per heavy atom. The summed E-state index contributed by atoms with van der Waals surface area (Å²) < 4.78 is 22.6. The van der Waals surface area contributed by atoms with Gasteiger partial charge in [-0.3, -0.25) is 9.69 Å². The van der Waals surface area contributed by atoms with E-state index in [0.29, 0.717) is 12.8 Å². The van der Waals surface area contributed by atoms with Crippen LogP contribution in [0.3, 0.4) is 0 Å². The Bertz CT molecular complexity index is 883. The molecular formula is C21H27N3O3S. The molecule has 2 aromatic carbocycles. The molecule has 1 fully saturated rings. The Kier molecular flexibility index (Phi) is 6.83. The van der Waals surface area contributed by atoms with Gasteiger partial charge < -0.3 is 4.90 Å². The number of benzene rings is 2. The summed E-state index contributed by atoms with van der Waals surface area (Å²) in [6, 6.07) is 16.8. The summed E-state index contributed by atoms with van der Waals surface area (Å²) in [6.07, 6.45) is 1.99. The molecule has 1 aliphatic rings. The SMILES string of the molecule is NS(=O)(=O)c1ccc(CCC(=O)N2CCCN(Cc3ccccc3)CC2)cc1. The summed E-state index contributed by atoms with van der Waals surface area (Å²) in [5.41, 5.74) is 2.23. The van der Waals surface area contributed by atoms with Crippen molar-refractivity contribution in [2.45, 2.75) is 30.7 Å². The van der Waals surface area contributed by atoms with Gasteiger partial charge in [-0.2, -0.15) is 0 Å². The van der Waals surface area contributed by atoms with E-state index in [1.165, 1.54) is 17.7 Å². The largest absolute Gasteiger partial charge is 0.341 e. The number of amides is 1. The monoisotopic (exact) mass is 401 g/mol. The van der Waals surface area contributed by atoms with Gasteiger partial charge in [-0.25, -0.2) is 13.6 Å². The van der Waals surface area contributed by atoms with Gasteiger partial charge in [-0.15, -0.1) is 0 Å². The number of aryl methyl sites for hydroxylation is 1. The van der Waals surface area contributed by atoms with Gasteiger partial charge in [0.1, 0.15) is 0 Å². The number of nitrogens with two attached hydrogens (primary N) is 1. The second-order valence-corrected chi connectivity index (χ2v) is 8.75. The minimum absolute atomic E-state index is 0.0913. The number of carbonyl (C=O) groups is 1. The van der Waals surface area contributed by atoms with Crippen LogP contribution >= 0.6 is 0 Å². The van der Waals surface area contributed by atoms with Crippen LogP contribution in [0.1, 0.15) is 24.0 Å². The topological polar surface area (TPSA) is 83.7 Å². The lowest BCUT2D eigenvalue weighted by atomic mass is 10.1. The zero-order valence-corrected chi connectivity index (χ0v) is 16.8. The zero-order valence-electron chi connectivity index (χ0n) is 16.0. The van der Waals surface area contributed by atoms with E-state index in [-0.39, 0.29) is 10.8 Å². The predicted molar refractivity (Wildman–Crippen MR) is 109 cm³/mol. The highest BCUT2D eigenvalue weighted by molar-refractivity contribution is 7.89. The molecule has 28 heavy (non-hydrogen) atoms. The first-order valence-electron chi connectivity index (χ1n) is 9.57. The summed E-state index contributed by atoms with van der Waals surface area (Å²) in [5.74, 6) is 0.150. The van der Waals surface area contributed by atoms with E-state index in [1.807, 2.05) is 11.0 Å². The summed E-state index contributed by atoms with van der Waals surface area (Å²) >= 11 is 0. The molecule has 7 heteroatoms. The maximum atomic E-state index is 12.6. The van der Waals surface area contributed by atoms with E-state index in [0.717, 1.165) is 44.7 Å². The van der Waals surface area contributed by atoms with Crippen LogP contribution < -0.4 is 5.14 Å². The van der Waals surface area contributed by atoms with Crippen LogP contribution in [0, 0.1) is 0 Å². The van der Waals surface area contributed by atoms with Crippen molar-refractivity contribution in [3.63, 3.8) is 0 Å². The second-order valence-electron chi connectivity index (χ2n) is 7.19. The Morgan fingerprint density at radius 1 is 0.893 bits per heavy atom. The number of nitrogens with zero attached hydrogens (tertiary/aromatic N) is 2. The fraction of sp³-hybridized carbons (Fsp3) is 0.381. The maximum absolute atomic E-state index is 12.6. The molecule has 150 valence electrons. The predicted octanol–water partition coefficient (Wildman–Crippen LogP) is 2.00. The molecule has 0 radical (unpaired) electrons. The van der Waals surface area contributed by atoms with Gasteiger partial charge >= 0.3 is 0 Å². The van der Waals surface area contributed by atoms with Gasteiger partial charge in [0.05, 0.1) is 4.90 Å². The van der Waals surface area contributed by atoms with Crippen molar-refractivity contribution in [2.24, 2.45) is 5.14 Å². The number of sulfonamides is 1. The second kappa shape index (κ2) is 9.32. The average Bonchev–Trinajstić information content (AvgIpc) is 2.92. The molecule has 0 spiro atoms. The van der Waals surface area contributed by atoms with Gasteiger partial charge in [-0.05, 0) is 36.1 Å². The first-order valence-corrected chi connectivity index (χ1v) is 11.1. The normalized spacial score (nSPS) is 16.0. The number of hydrogen-bond donors (Lipinski definition) is 1. The molecule has 0 saturated carbocycles. The number of carbonyl (C=O) groups excluding carboxylic acids is 1. The number of hydrogen-bond acceptors (Lipinski definition) is 4. The highest BCUT2D eigenvalue weighted by Crippen LogP contribution is 2.13. The van der Waals surface area contributed by atoms with Crippen molar-refractivity contribution < 1.29 is 13.2 Å². The van der Waals surface area contributed by atoms with Crippen LogP contribution in [0.4, 0.5) is 0 Å². The third kappa shape index (κ3) is 5.89. The molecule has 2 N–H and O–H groups in total. The van der Waals surface area contributed by atoms with Crippen LogP contribution in [0.25, 0.3) is 0 Å². The van der Waals surface area contributed by atoms with Crippen molar-refractivity contribution in [3.05, 3.63) is 65.7 Å². The van der Waals surface area contributed by atoms with E-state index >= 15 is 0 Å². The van der Waals surface area contributed by atoms with Crippen molar-refractivity contribution in [1.29, 1.82) is 0 Å². The van der Waals surface area contributed by atoms with Gasteiger partial charge in [0, 0.05) is 39.1 Å². The van der Waals surface area contributed by atoms with Gasteiger partial charge in [0.15, 0.2) is 0 Å². The highest BCUT2D eigenvalue weighted by Gasteiger charge is 2.19. The third-order valence-electron chi connectivity index (χ3n) is 5.07. The summed E-state index contributed by atoms with van der Waals surface area (Å²) in [6.45, 7) is 4.32. The lowest BCUT2D eigenvalue weighted by Gasteiger charge is -2.22. The molecule has 2 aromatic rings. The Labute approximate surface area is 167 Å². The smallest absolute Gasteiger partial charge is 0.238 e. The van der Waals surface area contributed by atoms with Crippen LogP contribution in [-0.2, 0) is 27.8 Å². The fourth-order valence-electron chi connectivity index (χ4n) is 3.48. The van der Waals surface area contributed by atoms with Crippen LogP contribution in [-0.4, -0.2) is 50.3 Å². The molecule has 1 amide bonds. The average molecular weight is 402 g/mol. The van der Waals surface area contributed by atoms with Crippen LogP contribution in [0.2, 0.25) is 0 Å². The van der Waals surface area contributed by atoms with Crippen molar-refractivity contribution in [3.8, 4) is 0 Å². The van der Waals surface area contributed by atoms with Gasteiger partial charge in [0.25, 0.3) is 0 Å². The molecule has 0 aliphatic carbocycles. The Morgan fingerprint density at radius 2 is 1.61 bits per heavy atom. The van der Waals surface area contributed by atoms with E-state index in [9.17, 15) is 13.2 Å². The molecule has 1 aliphatic heterocycles. The summed E-state index contributed by atoms with van der Waals surface area (Å²) in [5, 5.41) is 5.11. The molecular weight excluding hydrogens is 374 g/mol. The molecule has 3 rings (SSSR count). The van der Waals surface area contributed by atoms with Crippen molar-refractivity contribution in [2.75, 3.05) is 26.2 Å². The lowest BCUT2D eigenvalue weighted by Crippen LogP contribution is -2.35. The van der Waals surface area contributed by atoms with E-state index in [2.05, 4.69) is 29.2 Å². The van der Waals surface area contributed by atoms with Crippen LogP contribution in [0.5, 0.6) is 0 Å². The van der Waals surface area contributed by atoms with Crippen molar-refractivity contribution >= 4 is 15.9 Å². The van der Waals surface area contributed by atoms with E-state index in [4.69, 9.17) is 5.14 Å². The van der Waals surface area contributed by atoms with E-state index < -0.39 is 10.0 Å². The van der Waals surface area contributed by atoms with Crippen LogP contribution in [0.15, 0.2) is 59.5 Å². The lowest BCUT2D eigenvalue weighted by molar-refractivity contribution is -0.131. The number of primary sulfonamides is 1. The third-order valence-corrected chi connectivity index (χ3v) is 6.00. The minimum Gasteiger partial charge on any atom is -0.341 e.